The molecule has 0 spiro atoms. The van der Waals surface area contributed by atoms with Gasteiger partial charge in [0.25, 0.3) is 0 Å². The zero-order chi connectivity index (χ0) is 14.5. The predicted octanol–water partition coefficient (Wildman–Crippen LogP) is 2.09. The molecular weight excluding hydrogens is 256 g/mol. The first-order valence-corrected chi connectivity index (χ1v) is 6.46. The first-order valence-electron chi connectivity index (χ1n) is 6.46. The monoisotopic (exact) mass is 272 g/mol. The number of carbonyl (C=O) groups excluding carboxylic acids is 1. The van der Waals surface area contributed by atoms with Gasteiger partial charge < -0.3 is 5.11 Å². The van der Waals surface area contributed by atoms with Gasteiger partial charge in [0, 0.05) is 18.8 Å². The Morgan fingerprint density at radius 3 is 2.50 bits per heavy atom. The fourth-order valence-corrected chi connectivity index (χ4v) is 2.03. The molecule has 0 saturated heterocycles. The molecule has 0 aliphatic heterocycles. The Morgan fingerprint density at radius 2 is 2.00 bits per heavy atom. The molecule has 1 N–H and O–H groups in total. The van der Waals surface area contributed by atoms with Gasteiger partial charge in [-0.05, 0) is 30.2 Å². The number of Topliss-reactive ketones (excluding diaryl/α,β-unsaturated/α-hetero) is 1. The quantitative estimate of drug-likeness (QED) is 0.817. The van der Waals surface area contributed by atoms with E-state index in [9.17, 15) is 9.59 Å². The third kappa shape index (κ3) is 3.12. The Kier molecular flexibility index (Phi) is 4.30. The number of aromatic nitrogens is 2. The minimum Gasteiger partial charge on any atom is -0.481 e. The van der Waals surface area contributed by atoms with E-state index in [4.69, 9.17) is 5.11 Å². The fourth-order valence-electron chi connectivity index (χ4n) is 2.03. The number of benzene rings is 1. The minimum atomic E-state index is -1.06. The Labute approximate surface area is 116 Å². The van der Waals surface area contributed by atoms with Crippen molar-refractivity contribution in [3.63, 3.8) is 0 Å². The van der Waals surface area contributed by atoms with Crippen LogP contribution in [0.4, 0.5) is 0 Å². The molecule has 0 aliphatic rings. The number of hydrogen-bond donors (Lipinski definition) is 1. The largest absolute Gasteiger partial charge is 0.481 e. The molecule has 0 fully saturated rings. The van der Waals surface area contributed by atoms with Gasteiger partial charge in [0.2, 0.25) is 0 Å². The zero-order valence-electron chi connectivity index (χ0n) is 11.2. The highest BCUT2D eigenvalue weighted by Gasteiger charge is 2.24. The Balaban J connectivity index is 2.14. The van der Waals surface area contributed by atoms with Crippen LogP contribution in [-0.4, -0.2) is 26.6 Å². The van der Waals surface area contributed by atoms with Gasteiger partial charge in [-0.15, -0.1) is 0 Å². The molecule has 1 aromatic heterocycles. The van der Waals surface area contributed by atoms with Gasteiger partial charge in [-0.1, -0.05) is 19.1 Å². The highest BCUT2D eigenvalue weighted by Crippen LogP contribution is 2.14. The van der Waals surface area contributed by atoms with Crippen molar-refractivity contribution >= 4 is 11.8 Å². The van der Waals surface area contributed by atoms with Crippen LogP contribution in [0.3, 0.4) is 0 Å². The number of aliphatic carboxylic acids is 1. The second-order valence-corrected chi connectivity index (χ2v) is 4.53. The smallest absolute Gasteiger partial charge is 0.314 e. The van der Waals surface area contributed by atoms with E-state index in [-0.39, 0.29) is 18.6 Å². The zero-order valence-corrected chi connectivity index (χ0v) is 11.2. The SMILES string of the molecule is CCC(=O)C(Cc1ccc(-n2cccn2)cc1)C(=O)O. The summed E-state index contributed by atoms with van der Waals surface area (Å²) < 4.78 is 1.72. The van der Waals surface area contributed by atoms with Gasteiger partial charge in [-0.2, -0.15) is 5.10 Å². The molecule has 104 valence electrons. The lowest BCUT2D eigenvalue weighted by Gasteiger charge is -2.10. The van der Waals surface area contributed by atoms with Gasteiger partial charge in [0.15, 0.2) is 0 Å². The summed E-state index contributed by atoms with van der Waals surface area (Å²) in [5.41, 5.74) is 1.72. The molecule has 5 heteroatoms. The summed E-state index contributed by atoms with van der Waals surface area (Å²) in [4.78, 5) is 22.7. The molecule has 0 bridgehead atoms. The van der Waals surface area contributed by atoms with Crippen molar-refractivity contribution in [1.82, 2.24) is 9.78 Å². The number of ketones is 1. The maximum Gasteiger partial charge on any atom is 0.314 e. The van der Waals surface area contributed by atoms with E-state index in [2.05, 4.69) is 5.10 Å². The summed E-state index contributed by atoms with van der Waals surface area (Å²) >= 11 is 0. The van der Waals surface area contributed by atoms with Gasteiger partial charge >= 0.3 is 5.97 Å². The number of carboxylic acids is 1. The van der Waals surface area contributed by atoms with Crippen molar-refractivity contribution in [3.05, 3.63) is 48.3 Å². The normalized spacial score (nSPS) is 12.1. The third-order valence-electron chi connectivity index (χ3n) is 3.18. The summed E-state index contributed by atoms with van der Waals surface area (Å²) in [6, 6.07) is 9.20. The van der Waals surface area contributed by atoms with E-state index in [1.165, 1.54) is 0 Å². The predicted molar refractivity (Wildman–Crippen MR) is 73.7 cm³/mol. The van der Waals surface area contributed by atoms with Crippen LogP contribution in [0.2, 0.25) is 0 Å². The highest BCUT2D eigenvalue weighted by atomic mass is 16.4. The Morgan fingerprint density at radius 1 is 1.30 bits per heavy atom. The first-order chi connectivity index (χ1) is 9.61. The molecule has 5 nitrogen and oxygen atoms in total. The standard InChI is InChI=1S/C15H16N2O3/c1-2-14(18)13(15(19)20)10-11-4-6-12(7-5-11)17-9-3-8-16-17/h3-9,13H,2,10H2,1H3,(H,19,20). The lowest BCUT2D eigenvalue weighted by atomic mass is 9.94. The summed E-state index contributed by atoms with van der Waals surface area (Å²) in [7, 11) is 0. The molecule has 0 aliphatic carbocycles. The maximum atomic E-state index is 11.6. The average molecular weight is 272 g/mol. The van der Waals surface area contributed by atoms with Crippen molar-refractivity contribution in [1.29, 1.82) is 0 Å². The fraction of sp³-hybridized carbons (Fsp3) is 0.267. The molecule has 1 unspecified atom stereocenters. The molecule has 1 heterocycles. The molecule has 0 radical (unpaired) electrons. The van der Waals surface area contributed by atoms with E-state index in [1.54, 1.807) is 17.8 Å². The lowest BCUT2D eigenvalue weighted by molar-refractivity contribution is -0.146. The topological polar surface area (TPSA) is 72.2 Å². The first kappa shape index (κ1) is 14.0. The van der Waals surface area contributed by atoms with Crippen molar-refractivity contribution in [2.75, 3.05) is 0 Å². The minimum absolute atomic E-state index is 0.224. The molecule has 20 heavy (non-hydrogen) atoms. The van der Waals surface area contributed by atoms with Crippen LogP contribution in [0.25, 0.3) is 5.69 Å². The highest BCUT2D eigenvalue weighted by molar-refractivity contribution is 5.98. The van der Waals surface area contributed by atoms with Crippen LogP contribution >= 0.6 is 0 Å². The molecule has 2 rings (SSSR count). The summed E-state index contributed by atoms with van der Waals surface area (Å²) in [6.45, 7) is 1.68. The molecule has 1 aromatic carbocycles. The van der Waals surface area contributed by atoms with Crippen LogP contribution in [0, 0.1) is 5.92 Å². The number of carbonyl (C=O) groups is 2. The van der Waals surface area contributed by atoms with E-state index in [0.29, 0.717) is 0 Å². The van der Waals surface area contributed by atoms with Gasteiger partial charge in [0.1, 0.15) is 11.7 Å². The van der Waals surface area contributed by atoms with Crippen LogP contribution in [0.1, 0.15) is 18.9 Å². The second-order valence-electron chi connectivity index (χ2n) is 4.53. The number of rotatable bonds is 6. The number of carboxylic acid groups (broad SMARTS) is 1. The van der Waals surface area contributed by atoms with Gasteiger partial charge in [0.05, 0.1) is 5.69 Å². The van der Waals surface area contributed by atoms with E-state index in [0.717, 1.165) is 11.3 Å². The number of nitrogens with zero attached hydrogens (tertiary/aromatic N) is 2. The van der Waals surface area contributed by atoms with Crippen molar-refractivity contribution in [3.8, 4) is 5.69 Å². The molecule has 1 atom stereocenters. The summed E-state index contributed by atoms with van der Waals surface area (Å²) in [5, 5.41) is 13.2. The average Bonchev–Trinajstić information content (AvgIpc) is 2.98. The molecule has 0 amide bonds. The van der Waals surface area contributed by atoms with Gasteiger partial charge in [-0.25, -0.2) is 4.68 Å². The van der Waals surface area contributed by atoms with Crippen LogP contribution < -0.4 is 0 Å². The Bertz CT molecular complexity index is 588. The Hall–Kier alpha value is -2.43. The second kappa shape index (κ2) is 6.14. The van der Waals surface area contributed by atoms with Crippen molar-refractivity contribution in [2.45, 2.75) is 19.8 Å². The van der Waals surface area contributed by atoms with Crippen molar-refractivity contribution < 1.29 is 14.7 Å². The molecular formula is C15H16N2O3. The maximum absolute atomic E-state index is 11.6. The summed E-state index contributed by atoms with van der Waals surface area (Å²) in [6.07, 6.45) is 3.98. The van der Waals surface area contributed by atoms with Crippen LogP contribution in [0.15, 0.2) is 42.7 Å². The molecule has 2 aromatic rings. The van der Waals surface area contributed by atoms with Gasteiger partial charge in [-0.3, -0.25) is 9.59 Å². The lowest BCUT2D eigenvalue weighted by Crippen LogP contribution is -2.25. The van der Waals surface area contributed by atoms with Crippen LogP contribution in [-0.2, 0) is 16.0 Å². The third-order valence-corrected chi connectivity index (χ3v) is 3.18. The van der Waals surface area contributed by atoms with Crippen molar-refractivity contribution in [2.24, 2.45) is 5.92 Å². The van der Waals surface area contributed by atoms with E-state index >= 15 is 0 Å². The number of hydrogen-bond acceptors (Lipinski definition) is 3. The summed E-state index contributed by atoms with van der Waals surface area (Å²) in [5.74, 6) is -2.27. The van der Waals surface area contributed by atoms with E-state index in [1.807, 2.05) is 36.5 Å². The molecule has 0 saturated carbocycles. The van der Waals surface area contributed by atoms with Crippen LogP contribution in [0.5, 0.6) is 0 Å². The van der Waals surface area contributed by atoms with E-state index < -0.39 is 11.9 Å².